The molecule has 32 heavy (non-hydrogen) atoms. The summed E-state index contributed by atoms with van der Waals surface area (Å²) in [7, 11) is 0. The van der Waals surface area contributed by atoms with E-state index in [2.05, 4.69) is 26.1 Å². The average molecular weight is 460 g/mol. The number of carbonyl (C=O) groups is 1. The Bertz CT molecular complexity index is 1040. The maximum absolute atomic E-state index is 12.9. The van der Waals surface area contributed by atoms with Crippen molar-refractivity contribution < 1.29 is 18.7 Å². The van der Waals surface area contributed by atoms with Crippen LogP contribution in [-0.2, 0) is 24.2 Å². The molecule has 1 aliphatic heterocycles. The second-order valence-corrected chi connectivity index (χ2v) is 10.1. The first-order chi connectivity index (χ1) is 15.1. The first-order valence-electron chi connectivity index (χ1n) is 11.3. The van der Waals surface area contributed by atoms with Crippen LogP contribution in [-0.4, -0.2) is 24.2 Å². The number of alkyl halides is 1. The van der Waals surface area contributed by atoms with Crippen LogP contribution in [0.5, 0.6) is 11.5 Å². The minimum Gasteiger partial charge on any atom is -0.488 e. The zero-order valence-corrected chi connectivity index (χ0v) is 19.9. The van der Waals surface area contributed by atoms with Crippen LogP contribution in [0.1, 0.15) is 54.5 Å². The van der Waals surface area contributed by atoms with Gasteiger partial charge in [0.2, 0.25) is 5.91 Å². The molecule has 4 nitrogen and oxygen atoms in total. The van der Waals surface area contributed by atoms with E-state index in [0.29, 0.717) is 37.4 Å². The Morgan fingerprint density at radius 2 is 2.00 bits per heavy atom. The van der Waals surface area contributed by atoms with Gasteiger partial charge in [0.05, 0.1) is 0 Å². The van der Waals surface area contributed by atoms with Gasteiger partial charge in [0.15, 0.2) is 0 Å². The van der Waals surface area contributed by atoms with E-state index >= 15 is 0 Å². The first-order valence-corrected chi connectivity index (χ1v) is 11.6. The third-order valence-corrected chi connectivity index (χ3v) is 6.67. The van der Waals surface area contributed by atoms with Crippen LogP contribution in [0.4, 0.5) is 4.39 Å². The third kappa shape index (κ3) is 5.20. The predicted octanol–water partition coefficient (Wildman–Crippen LogP) is 5.66. The molecule has 172 valence electrons. The maximum atomic E-state index is 12.9. The lowest BCUT2D eigenvalue weighted by Gasteiger charge is -2.19. The van der Waals surface area contributed by atoms with Crippen LogP contribution in [0.15, 0.2) is 24.3 Å². The van der Waals surface area contributed by atoms with Gasteiger partial charge in [0.1, 0.15) is 29.9 Å². The predicted molar refractivity (Wildman–Crippen MR) is 124 cm³/mol. The van der Waals surface area contributed by atoms with Crippen molar-refractivity contribution in [1.29, 1.82) is 0 Å². The highest BCUT2D eigenvalue weighted by Crippen LogP contribution is 2.40. The molecule has 4 rings (SSSR count). The Morgan fingerprint density at radius 3 is 2.72 bits per heavy atom. The summed E-state index contributed by atoms with van der Waals surface area (Å²) in [5.74, 6) is 1.67. The van der Waals surface area contributed by atoms with Gasteiger partial charge in [0.25, 0.3) is 0 Å². The molecule has 0 radical (unpaired) electrons. The zero-order valence-electron chi connectivity index (χ0n) is 19.2. The van der Waals surface area contributed by atoms with Crippen molar-refractivity contribution in [2.24, 2.45) is 5.92 Å². The van der Waals surface area contributed by atoms with Crippen LogP contribution in [0.2, 0.25) is 5.02 Å². The lowest BCUT2D eigenvalue weighted by molar-refractivity contribution is -0.121. The van der Waals surface area contributed by atoms with E-state index in [1.54, 1.807) is 0 Å². The van der Waals surface area contributed by atoms with Crippen molar-refractivity contribution in [3.8, 4) is 11.5 Å². The normalized spacial score (nSPS) is 20.4. The molecule has 2 aromatic carbocycles. The molecule has 0 aromatic heterocycles. The molecule has 1 heterocycles. The molecule has 6 heteroatoms. The van der Waals surface area contributed by atoms with Gasteiger partial charge in [-0.3, -0.25) is 4.79 Å². The Balaban J connectivity index is 1.37. The van der Waals surface area contributed by atoms with Gasteiger partial charge in [-0.15, -0.1) is 0 Å². The van der Waals surface area contributed by atoms with Crippen LogP contribution in [0, 0.1) is 19.8 Å². The van der Waals surface area contributed by atoms with Crippen molar-refractivity contribution >= 4 is 17.5 Å². The Morgan fingerprint density at radius 1 is 1.25 bits per heavy atom. The Labute approximate surface area is 194 Å². The number of rotatable bonds is 8. The maximum Gasteiger partial charge on any atom is 0.220 e. The van der Waals surface area contributed by atoms with Crippen molar-refractivity contribution in [3.63, 3.8) is 0 Å². The van der Waals surface area contributed by atoms with E-state index in [1.807, 2.05) is 31.2 Å². The summed E-state index contributed by atoms with van der Waals surface area (Å²) in [6.07, 6.45) is 1.70. The lowest BCUT2D eigenvalue weighted by atomic mass is 9.98. The van der Waals surface area contributed by atoms with E-state index in [4.69, 9.17) is 21.1 Å². The van der Waals surface area contributed by atoms with Gasteiger partial charge >= 0.3 is 0 Å². The fourth-order valence-electron chi connectivity index (χ4n) is 4.29. The SMILES string of the molecule is Cc1c(CCC(=O)NCC2C[C@@H]2F)ccc(OCc2cc(Cl)cc3c2OC(C)(C)C3)c1C. The molecule has 1 saturated carbocycles. The summed E-state index contributed by atoms with van der Waals surface area (Å²) in [6.45, 7) is 9.04. The number of benzene rings is 2. The molecule has 1 aliphatic carbocycles. The van der Waals surface area contributed by atoms with Gasteiger partial charge in [-0.25, -0.2) is 4.39 Å². The highest BCUT2D eigenvalue weighted by atomic mass is 35.5. The number of nitrogens with one attached hydrogen (secondary N) is 1. The zero-order chi connectivity index (χ0) is 23.0. The summed E-state index contributed by atoms with van der Waals surface area (Å²) in [5, 5.41) is 3.52. The van der Waals surface area contributed by atoms with Gasteiger partial charge < -0.3 is 14.8 Å². The number of fused-ring (bicyclic) bond motifs is 1. The van der Waals surface area contributed by atoms with Gasteiger partial charge in [-0.2, -0.15) is 0 Å². The average Bonchev–Trinajstić information content (AvgIpc) is 3.34. The van der Waals surface area contributed by atoms with Crippen LogP contribution < -0.4 is 14.8 Å². The Hall–Kier alpha value is -2.27. The van der Waals surface area contributed by atoms with Gasteiger partial charge in [-0.1, -0.05) is 17.7 Å². The highest BCUT2D eigenvalue weighted by Gasteiger charge is 2.37. The molecule has 1 unspecified atom stereocenters. The smallest absolute Gasteiger partial charge is 0.220 e. The Kier molecular flexibility index (Phi) is 6.39. The van der Waals surface area contributed by atoms with Crippen molar-refractivity contribution in [2.45, 2.75) is 71.8 Å². The quantitative estimate of drug-likeness (QED) is 0.554. The monoisotopic (exact) mass is 459 g/mol. The number of carbonyl (C=O) groups excluding carboxylic acids is 1. The van der Waals surface area contributed by atoms with E-state index in [-0.39, 0.29) is 17.4 Å². The topological polar surface area (TPSA) is 47.6 Å². The van der Waals surface area contributed by atoms with Crippen molar-refractivity contribution in [1.82, 2.24) is 5.32 Å². The lowest BCUT2D eigenvalue weighted by Crippen LogP contribution is -2.26. The van der Waals surface area contributed by atoms with Gasteiger partial charge in [0, 0.05) is 35.9 Å². The van der Waals surface area contributed by atoms with Crippen LogP contribution >= 0.6 is 11.6 Å². The summed E-state index contributed by atoms with van der Waals surface area (Å²) < 4.78 is 25.2. The molecule has 1 N–H and O–H groups in total. The summed E-state index contributed by atoms with van der Waals surface area (Å²) in [4.78, 5) is 12.1. The number of aryl methyl sites for hydroxylation is 1. The summed E-state index contributed by atoms with van der Waals surface area (Å²) in [5.41, 5.74) is 5.12. The fraction of sp³-hybridized carbons (Fsp3) is 0.500. The van der Waals surface area contributed by atoms with Crippen molar-refractivity contribution in [3.05, 3.63) is 57.1 Å². The van der Waals surface area contributed by atoms with E-state index in [1.165, 1.54) is 0 Å². The molecule has 2 atom stereocenters. The molecule has 0 spiro atoms. The summed E-state index contributed by atoms with van der Waals surface area (Å²) >= 11 is 6.33. The highest BCUT2D eigenvalue weighted by molar-refractivity contribution is 6.30. The fourth-order valence-corrected chi connectivity index (χ4v) is 4.55. The van der Waals surface area contributed by atoms with Crippen LogP contribution in [0.25, 0.3) is 0 Å². The minimum absolute atomic E-state index is 0.0107. The van der Waals surface area contributed by atoms with E-state index in [0.717, 1.165) is 45.7 Å². The van der Waals surface area contributed by atoms with Crippen LogP contribution in [0.3, 0.4) is 0 Å². The van der Waals surface area contributed by atoms with Crippen molar-refractivity contribution in [2.75, 3.05) is 6.54 Å². The molecule has 2 aromatic rings. The molecule has 1 amide bonds. The molecular weight excluding hydrogens is 429 g/mol. The molecule has 0 saturated heterocycles. The minimum atomic E-state index is -0.737. The number of hydrogen-bond acceptors (Lipinski definition) is 3. The molecular formula is C26H31ClFNO3. The van der Waals surface area contributed by atoms with E-state index < -0.39 is 6.17 Å². The third-order valence-electron chi connectivity index (χ3n) is 6.45. The summed E-state index contributed by atoms with van der Waals surface area (Å²) in [6, 6.07) is 7.86. The number of halogens is 2. The van der Waals surface area contributed by atoms with E-state index in [9.17, 15) is 9.18 Å². The second-order valence-electron chi connectivity index (χ2n) is 9.67. The number of amides is 1. The number of ether oxygens (including phenoxy) is 2. The van der Waals surface area contributed by atoms with Gasteiger partial charge in [-0.05, 0) is 81.0 Å². The number of hydrogen-bond donors (Lipinski definition) is 1. The molecule has 1 fully saturated rings. The second kappa shape index (κ2) is 8.93. The molecule has 0 bridgehead atoms. The first kappa shape index (κ1) is 22.9. The molecule has 2 aliphatic rings. The largest absolute Gasteiger partial charge is 0.488 e. The standard InChI is InChI=1S/C26H31ClFNO3/c1-15-16(2)23(7-5-17(15)6-8-24(30)29-13-19-11-22(19)28)31-14-20-10-21(27)9-18-12-26(3,4)32-25(18)20/h5,7,9-10,19,22H,6,8,11-14H2,1-4H3,(H,29,30)/t19?,22-/m0/s1.